The highest BCUT2D eigenvalue weighted by Crippen LogP contribution is 2.27. The number of halogens is 1. The Bertz CT molecular complexity index is 1180. The Hall–Kier alpha value is -3.73. The number of carbonyl (C=O) groups excluding carboxylic acids is 3. The van der Waals surface area contributed by atoms with Gasteiger partial charge in [0.15, 0.2) is 5.16 Å². The molecule has 33 heavy (non-hydrogen) atoms. The lowest BCUT2D eigenvalue weighted by atomic mass is 10.1. The van der Waals surface area contributed by atoms with Crippen LogP contribution in [-0.4, -0.2) is 39.0 Å². The molecule has 170 valence electrons. The molecule has 2 heterocycles. The number of nitrogens with zero attached hydrogens (tertiary/aromatic N) is 4. The number of rotatable bonds is 6. The number of aryl methyl sites for hydroxylation is 1. The minimum absolute atomic E-state index is 0.0410. The molecule has 0 radical (unpaired) electrons. The second-order valence-electron chi connectivity index (χ2n) is 7.51. The van der Waals surface area contributed by atoms with Gasteiger partial charge in [-0.05, 0) is 29.8 Å². The maximum atomic E-state index is 14.0. The van der Waals surface area contributed by atoms with Gasteiger partial charge in [-0.25, -0.2) is 4.39 Å². The highest BCUT2D eigenvalue weighted by atomic mass is 32.2. The van der Waals surface area contributed by atoms with E-state index in [9.17, 15) is 18.8 Å². The first-order chi connectivity index (χ1) is 15.9. The first kappa shape index (κ1) is 22.5. The van der Waals surface area contributed by atoms with Crippen molar-refractivity contribution in [1.29, 1.82) is 0 Å². The van der Waals surface area contributed by atoms with E-state index in [1.54, 1.807) is 24.5 Å². The lowest BCUT2D eigenvalue weighted by Crippen LogP contribution is -2.45. The summed E-state index contributed by atoms with van der Waals surface area (Å²) in [6, 6.07) is 12.9. The van der Waals surface area contributed by atoms with E-state index in [-0.39, 0.29) is 24.6 Å². The molecule has 1 aliphatic heterocycles. The molecule has 2 aromatic carbocycles. The third-order valence-corrected chi connectivity index (χ3v) is 6.30. The van der Waals surface area contributed by atoms with Crippen LogP contribution < -0.4 is 15.8 Å². The molecule has 0 bridgehead atoms. The van der Waals surface area contributed by atoms with Crippen LogP contribution in [0.2, 0.25) is 0 Å². The number of amides is 3. The van der Waals surface area contributed by atoms with Crippen molar-refractivity contribution in [2.75, 3.05) is 11.4 Å². The average Bonchev–Trinajstić information content (AvgIpc) is 3.41. The predicted octanol–water partition coefficient (Wildman–Crippen LogP) is 2.06. The third-order valence-electron chi connectivity index (χ3n) is 5.19. The van der Waals surface area contributed by atoms with E-state index in [2.05, 4.69) is 21.0 Å². The van der Waals surface area contributed by atoms with E-state index in [1.165, 1.54) is 34.9 Å². The van der Waals surface area contributed by atoms with Crippen LogP contribution in [-0.2, 0) is 22.4 Å². The first-order valence-electron chi connectivity index (χ1n) is 10.1. The summed E-state index contributed by atoms with van der Waals surface area (Å²) in [5.41, 5.74) is 6.24. The zero-order chi connectivity index (χ0) is 23.4. The summed E-state index contributed by atoms with van der Waals surface area (Å²) < 4.78 is 15.8. The molecule has 3 aromatic rings. The number of benzene rings is 2. The molecule has 3 amide bonds. The number of hydrazine groups is 1. The largest absolute Gasteiger partial charge is 0.312 e. The molecule has 9 nitrogen and oxygen atoms in total. The topological polar surface area (TPSA) is 109 Å². The van der Waals surface area contributed by atoms with Gasteiger partial charge in [-0.2, -0.15) is 0 Å². The number of anilines is 1. The smallest absolute Gasteiger partial charge is 0.269 e. The molecular formula is C22H21FN6O3S. The summed E-state index contributed by atoms with van der Waals surface area (Å²) in [4.78, 5) is 38.3. The molecule has 1 aliphatic rings. The number of para-hydroxylation sites is 1. The van der Waals surface area contributed by atoms with E-state index >= 15 is 0 Å². The van der Waals surface area contributed by atoms with Crippen LogP contribution in [0.1, 0.15) is 22.3 Å². The van der Waals surface area contributed by atoms with E-state index < -0.39 is 23.5 Å². The molecule has 1 fully saturated rings. The van der Waals surface area contributed by atoms with Crippen molar-refractivity contribution in [3.05, 3.63) is 71.8 Å². The number of hydrogen-bond donors (Lipinski definition) is 2. The number of carbonyl (C=O) groups is 3. The normalized spacial score (nSPS) is 15.5. The van der Waals surface area contributed by atoms with Gasteiger partial charge in [-0.15, -0.1) is 10.2 Å². The van der Waals surface area contributed by atoms with Crippen LogP contribution in [0, 0.1) is 11.7 Å². The number of hydrogen-bond acceptors (Lipinski definition) is 6. The molecule has 0 spiro atoms. The highest BCUT2D eigenvalue weighted by molar-refractivity contribution is 7.98. The fourth-order valence-corrected chi connectivity index (χ4v) is 4.23. The maximum absolute atomic E-state index is 14.0. The molecule has 4 rings (SSSR count). The van der Waals surface area contributed by atoms with Crippen molar-refractivity contribution in [1.82, 2.24) is 25.6 Å². The second kappa shape index (κ2) is 9.82. The summed E-state index contributed by atoms with van der Waals surface area (Å²) in [5.74, 6) is -1.89. The van der Waals surface area contributed by atoms with E-state index in [0.717, 1.165) is 10.7 Å². The first-order valence-corrected chi connectivity index (χ1v) is 11.1. The number of thioether (sulfide) groups is 1. The van der Waals surface area contributed by atoms with Crippen molar-refractivity contribution < 1.29 is 18.8 Å². The van der Waals surface area contributed by atoms with Crippen LogP contribution in [0.15, 0.2) is 60.0 Å². The molecule has 1 atom stereocenters. The van der Waals surface area contributed by atoms with Crippen LogP contribution in [0.5, 0.6) is 0 Å². The molecule has 11 heteroatoms. The van der Waals surface area contributed by atoms with Crippen LogP contribution in [0.3, 0.4) is 0 Å². The van der Waals surface area contributed by atoms with Gasteiger partial charge in [0.25, 0.3) is 5.91 Å². The minimum Gasteiger partial charge on any atom is -0.312 e. The van der Waals surface area contributed by atoms with E-state index in [4.69, 9.17) is 0 Å². The van der Waals surface area contributed by atoms with Gasteiger partial charge in [-0.1, -0.05) is 36.0 Å². The fourth-order valence-electron chi connectivity index (χ4n) is 3.38. The van der Waals surface area contributed by atoms with Gasteiger partial charge in [0, 0.05) is 31.3 Å². The Labute approximate surface area is 193 Å². The monoisotopic (exact) mass is 468 g/mol. The van der Waals surface area contributed by atoms with E-state index in [1.807, 2.05) is 23.7 Å². The van der Waals surface area contributed by atoms with Crippen molar-refractivity contribution in [2.45, 2.75) is 17.3 Å². The van der Waals surface area contributed by atoms with Gasteiger partial charge in [0.2, 0.25) is 11.8 Å². The predicted molar refractivity (Wildman–Crippen MR) is 119 cm³/mol. The summed E-state index contributed by atoms with van der Waals surface area (Å²) in [5, 5.41) is 8.63. The number of aromatic nitrogens is 3. The highest BCUT2D eigenvalue weighted by Gasteiger charge is 2.36. The lowest BCUT2D eigenvalue weighted by Gasteiger charge is -2.17. The summed E-state index contributed by atoms with van der Waals surface area (Å²) in [6.07, 6.45) is 1.57. The molecular weight excluding hydrogens is 447 g/mol. The van der Waals surface area contributed by atoms with Gasteiger partial charge >= 0.3 is 0 Å². The van der Waals surface area contributed by atoms with Crippen LogP contribution in [0.25, 0.3) is 0 Å². The molecule has 1 saturated heterocycles. The maximum Gasteiger partial charge on any atom is 0.269 e. The van der Waals surface area contributed by atoms with Crippen LogP contribution >= 0.6 is 11.8 Å². The van der Waals surface area contributed by atoms with Gasteiger partial charge in [-0.3, -0.25) is 25.2 Å². The zero-order valence-electron chi connectivity index (χ0n) is 17.7. The van der Waals surface area contributed by atoms with Crippen molar-refractivity contribution in [3.8, 4) is 0 Å². The lowest BCUT2D eigenvalue weighted by molar-refractivity contribution is -0.126. The summed E-state index contributed by atoms with van der Waals surface area (Å²) in [7, 11) is 1.86. The molecule has 2 N–H and O–H groups in total. The Morgan fingerprint density at radius 2 is 1.91 bits per heavy atom. The van der Waals surface area contributed by atoms with Crippen molar-refractivity contribution in [2.24, 2.45) is 13.0 Å². The third kappa shape index (κ3) is 5.20. The standard InChI is InChI=1S/C22H21FN6O3S/c1-28-13-24-27-22(28)33-12-14-6-8-15(9-7-14)20(31)25-26-21(32)16-10-19(30)29(11-16)18-5-3-2-4-17(18)23/h2-9,13,16H,10-12H2,1H3,(H,25,31)(H,26,32). The van der Waals surface area contributed by atoms with Gasteiger partial charge in [0.05, 0.1) is 11.6 Å². The molecule has 1 unspecified atom stereocenters. The van der Waals surface area contributed by atoms with Crippen molar-refractivity contribution >= 4 is 35.2 Å². The fraction of sp³-hybridized carbons (Fsp3) is 0.227. The Kier molecular flexibility index (Phi) is 6.68. The summed E-state index contributed by atoms with van der Waals surface area (Å²) in [6.45, 7) is 0.0410. The minimum atomic E-state index is -0.697. The molecule has 0 aliphatic carbocycles. The molecule has 0 saturated carbocycles. The Morgan fingerprint density at radius 3 is 2.61 bits per heavy atom. The van der Waals surface area contributed by atoms with Crippen molar-refractivity contribution in [3.63, 3.8) is 0 Å². The van der Waals surface area contributed by atoms with Crippen LogP contribution in [0.4, 0.5) is 10.1 Å². The SMILES string of the molecule is Cn1cnnc1SCc1ccc(C(=O)NNC(=O)C2CC(=O)N(c3ccccc3F)C2)cc1. The average molecular weight is 469 g/mol. The zero-order valence-corrected chi connectivity index (χ0v) is 18.5. The molecule has 1 aromatic heterocycles. The summed E-state index contributed by atoms with van der Waals surface area (Å²) >= 11 is 1.53. The number of nitrogens with one attached hydrogen (secondary N) is 2. The van der Waals surface area contributed by atoms with E-state index in [0.29, 0.717) is 11.3 Å². The van der Waals surface area contributed by atoms with Gasteiger partial charge < -0.3 is 9.47 Å². The van der Waals surface area contributed by atoms with Gasteiger partial charge in [0.1, 0.15) is 12.1 Å². The Morgan fingerprint density at radius 1 is 1.15 bits per heavy atom. The quantitative estimate of drug-likeness (QED) is 0.423. The second-order valence-corrected chi connectivity index (χ2v) is 8.45. The Balaban J connectivity index is 1.28.